The van der Waals surface area contributed by atoms with E-state index in [4.69, 9.17) is 25.7 Å². The number of benzene rings is 1. The van der Waals surface area contributed by atoms with Crippen LogP contribution >= 0.6 is 15.2 Å². The van der Waals surface area contributed by atoms with E-state index in [0.29, 0.717) is 19.6 Å². The summed E-state index contributed by atoms with van der Waals surface area (Å²) in [5.74, 6) is 0. The third kappa shape index (κ3) is 5.24. The molecule has 0 fully saturated rings. The maximum Gasteiger partial charge on any atom is 0.446 e. The van der Waals surface area contributed by atoms with Gasteiger partial charge in [-0.2, -0.15) is 0 Å². The van der Waals surface area contributed by atoms with E-state index in [1.54, 1.807) is 13.8 Å². The molecule has 1 aromatic rings. The van der Waals surface area contributed by atoms with Crippen molar-refractivity contribution in [3.05, 3.63) is 35.9 Å². The number of hydrogen-bond acceptors (Lipinski definition) is 5. The second kappa shape index (κ2) is 11.7. The Balaban J connectivity index is 3.85. The topological polar surface area (TPSA) is 54.0 Å². The summed E-state index contributed by atoms with van der Waals surface area (Å²) in [5, 5.41) is 0. The molecule has 0 aliphatic carbocycles. The second-order valence-corrected chi connectivity index (χ2v) is 11.2. The van der Waals surface area contributed by atoms with Gasteiger partial charge in [0.15, 0.2) is 0 Å². The predicted octanol–water partition coefficient (Wildman–Crippen LogP) is 6.30. The van der Waals surface area contributed by atoms with E-state index in [2.05, 4.69) is 6.92 Å². The lowest BCUT2D eigenvalue weighted by Crippen LogP contribution is -2.34. The Labute approximate surface area is 166 Å². The van der Waals surface area contributed by atoms with Gasteiger partial charge >= 0.3 is 15.2 Å². The summed E-state index contributed by atoms with van der Waals surface area (Å²) in [4.78, 5) is -1.19. The average Bonchev–Trinajstić information content (AvgIpc) is 2.64. The molecule has 1 atom stereocenters. The minimum Gasteiger partial charge on any atom is -0.306 e. The van der Waals surface area contributed by atoms with Crippen LogP contribution in [0.2, 0.25) is 0 Å². The van der Waals surface area contributed by atoms with Crippen molar-refractivity contribution in [2.45, 2.75) is 58.8 Å². The van der Waals surface area contributed by atoms with Crippen LogP contribution in [-0.4, -0.2) is 34.0 Å². The molecule has 0 heterocycles. The Morgan fingerprint density at radius 1 is 0.926 bits per heavy atom. The van der Waals surface area contributed by atoms with Crippen LogP contribution in [0.5, 0.6) is 0 Å². The van der Waals surface area contributed by atoms with Gasteiger partial charge in [-0.05, 0) is 34.1 Å². The first-order valence-electron chi connectivity index (χ1n) is 9.82. The van der Waals surface area contributed by atoms with Gasteiger partial charge in [0.05, 0.1) is 26.4 Å². The van der Waals surface area contributed by atoms with Crippen molar-refractivity contribution in [2.75, 3.05) is 26.4 Å². The molecule has 0 saturated heterocycles. The lowest BCUT2D eigenvalue weighted by molar-refractivity contribution is 0.190. The lowest BCUT2D eigenvalue weighted by Gasteiger charge is -2.43. The summed E-state index contributed by atoms with van der Waals surface area (Å²) in [6.45, 7) is 10.6. The van der Waals surface area contributed by atoms with Gasteiger partial charge in [-0.3, -0.25) is 4.57 Å². The highest BCUT2D eigenvalue weighted by molar-refractivity contribution is 7.96. The first-order chi connectivity index (χ1) is 12.9. The molecular weight excluding hydrogens is 381 g/mol. The number of hydrogen-bond donors (Lipinski definition) is 0. The van der Waals surface area contributed by atoms with Crippen LogP contribution in [0.15, 0.2) is 30.3 Å². The highest BCUT2D eigenvalue weighted by atomic mass is 31.3. The second-order valence-electron chi connectivity index (χ2n) is 6.05. The fourth-order valence-corrected chi connectivity index (χ4v) is 9.68. The van der Waals surface area contributed by atoms with E-state index >= 15 is 0 Å². The Morgan fingerprint density at radius 2 is 1.44 bits per heavy atom. The standard InChI is InChI=1S/C19H34BO5P2/c1-6-11-17-19(18-15-13-12-14-16-18,26(20,22-7-2)23-8-3)27(21,24-9-4)25-10-5/h12-16H,6-11,17H2,1-5H3/q+1. The zero-order valence-electron chi connectivity index (χ0n) is 17.3. The van der Waals surface area contributed by atoms with Gasteiger partial charge in [0.1, 0.15) is 0 Å². The molecule has 5 nitrogen and oxygen atoms in total. The molecule has 1 unspecified atom stereocenters. The lowest BCUT2D eigenvalue weighted by atomic mass is 10.1. The molecule has 0 aromatic heterocycles. The maximum absolute atomic E-state index is 14.3. The third-order valence-electron chi connectivity index (χ3n) is 4.32. The SMILES string of the molecule is [B][P+](OCC)(OCC)C(CCCC)(c1ccccc1)P(=O)(OCC)OCC. The normalized spacial score (nSPS) is 14.9. The predicted molar refractivity (Wildman–Crippen MR) is 114 cm³/mol. The minimum absolute atomic E-state index is 0.246. The van der Waals surface area contributed by atoms with E-state index in [1.165, 1.54) is 0 Å². The molecule has 8 heteroatoms. The van der Waals surface area contributed by atoms with Gasteiger partial charge in [-0.1, -0.05) is 43.7 Å². The Bertz CT molecular complexity index is 571. The van der Waals surface area contributed by atoms with Gasteiger partial charge in [-0.15, -0.1) is 0 Å². The van der Waals surface area contributed by atoms with Crippen LogP contribution in [-0.2, 0) is 27.6 Å². The van der Waals surface area contributed by atoms with Crippen LogP contribution in [0.25, 0.3) is 0 Å². The maximum atomic E-state index is 14.3. The van der Waals surface area contributed by atoms with Crippen LogP contribution in [0.3, 0.4) is 0 Å². The summed E-state index contributed by atoms with van der Waals surface area (Å²) in [6.07, 6.45) is 2.19. The first kappa shape index (κ1) is 24.8. The largest absolute Gasteiger partial charge is 0.446 e. The Kier molecular flexibility index (Phi) is 10.8. The molecule has 2 radical (unpaired) electrons. The van der Waals surface area contributed by atoms with Gasteiger partial charge in [0.2, 0.25) is 12.5 Å². The quantitative estimate of drug-likeness (QED) is 0.264. The van der Waals surface area contributed by atoms with E-state index in [1.807, 2.05) is 44.2 Å². The third-order valence-corrected chi connectivity index (χ3v) is 11.3. The van der Waals surface area contributed by atoms with Crippen LogP contribution < -0.4 is 0 Å². The van der Waals surface area contributed by atoms with Gasteiger partial charge < -0.3 is 9.05 Å². The zero-order chi connectivity index (χ0) is 20.4. The van der Waals surface area contributed by atoms with Gasteiger partial charge in [0.25, 0.3) is 0 Å². The molecule has 0 N–H and O–H groups in total. The fourth-order valence-electron chi connectivity index (χ4n) is 3.30. The first-order valence-corrected chi connectivity index (χ1v) is 13.1. The molecule has 0 bridgehead atoms. The summed E-state index contributed by atoms with van der Waals surface area (Å²) in [5.41, 5.74) is 0.779. The summed E-state index contributed by atoms with van der Waals surface area (Å²) in [7, 11) is -0.0225. The van der Waals surface area contributed by atoms with Gasteiger partial charge in [-0.25, -0.2) is 9.05 Å². The fraction of sp³-hybridized carbons (Fsp3) is 0.684. The molecule has 0 spiro atoms. The monoisotopic (exact) mass is 415 g/mol. The van der Waals surface area contributed by atoms with Crippen molar-refractivity contribution in [3.63, 3.8) is 0 Å². The number of unbranched alkanes of at least 4 members (excludes halogenated alkanes) is 1. The molecule has 152 valence electrons. The molecule has 0 aliphatic heterocycles. The van der Waals surface area contributed by atoms with E-state index in [9.17, 15) is 4.57 Å². The zero-order valence-corrected chi connectivity index (χ0v) is 19.1. The van der Waals surface area contributed by atoms with Gasteiger partial charge in [0, 0.05) is 12.0 Å². The van der Waals surface area contributed by atoms with E-state index in [-0.39, 0.29) is 13.2 Å². The van der Waals surface area contributed by atoms with Crippen molar-refractivity contribution in [1.82, 2.24) is 0 Å². The highest BCUT2D eigenvalue weighted by Gasteiger charge is 2.71. The van der Waals surface area contributed by atoms with Crippen LogP contribution in [0.4, 0.5) is 0 Å². The van der Waals surface area contributed by atoms with Crippen molar-refractivity contribution >= 4 is 22.8 Å². The van der Waals surface area contributed by atoms with E-state index in [0.717, 1.165) is 18.4 Å². The Morgan fingerprint density at radius 3 is 1.85 bits per heavy atom. The molecule has 27 heavy (non-hydrogen) atoms. The number of rotatable bonds is 14. The molecule has 1 aromatic carbocycles. The highest BCUT2D eigenvalue weighted by Crippen LogP contribution is 2.87. The minimum atomic E-state index is -3.72. The van der Waals surface area contributed by atoms with Crippen LogP contribution in [0.1, 0.15) is 59.4 Å². The Hall–Kier alpha value is -0.215. The smallest absolute Gasteiger partial charge is 0.306 e. The summed E-state index contributed by atoms with van der Waals surface area (Å²) >= 11 is 0. The molecular formula is C19H34BO5P2+. The van der Waals surface area contributed by atoms with Crippen molar-refractivity contribution in [1.29, 1.82) is 0 Å². The molecule has 1 rings (SSSR count). The van der Waals surface area contributed by atoms with Crippen molar-refractivity contribution in [3.8, 4) is 0 Å². The molecule has 0 saturated carbocycles. The average molecular weight is 415 g/mol. The summed E-state index contributed by atoms with van der Waals surface area (Å²) in [6, 6.07) is 9.55. The molecule has 0 aliphatic rings. The molecule has 0 amide bonds. The van der Waals surface area contributed by atoms with Crippen molar-refractivity contribution in [2.24, 2.45) is 0 Å². The van der Waals surface area contributed by atoms with E-state index < -0.39 is 20.1 Å². The van der Waals surface area contributed by atoms with Crippen molar-refractivity contribution < 1.29 is 22.7 Å². The summed E-state index contributed by atoms with van der Waals surface area (Å²) < 4.78 is 38.1. The van der Waals surface area contributed by atoms with Crippen LogP contribution in [0, 0.1) is 0 Å².